The number of Topliss-reactive ketones (excluding diaryl/α,β-unsaturated/α-hetero) is 1. The molecule has 0 saturated heterocycles. The summed E-state index contributed by atoms with van der Waals surface area (Å²) < 4.78 is 9.95. The van der Waals surface area contributed by atoms with Crippen LogP contribution in [0.4, 0.5) is 0 Å². The fourth-order valence-corrected chi connectivity index (χ4v) is 3.00. The van der Waals surface area contributed by atoms with Gasteiger partial charge in [-0.3, -0.25) is 4.79 Å². The van der Waals surface area contributed by atoms with Crippen molar-refractivity contribution in [2.75, 3.05) is 6.61 Å². The second-order valence-electron chi connectivity index (χ2n) is 5.68. The fraction of sp³-hybridized carbons (Fsp3) is 0.100. The van der Waals surface area contributed by atoms with E-state index in [0.717, 1.165) is 17.5 Å². The van der Waals surface area contributed by atoms with Crippen LogP contribution in [-0.2, 0) is 11.2 Å². The number of carbonyl (C=O) groups excluding carboxylic acids is 2. The zero-order valence-corrected chi connectivity index (χ0v) is 12.8. The van der Waals surface area contributed by atoms with Crippen molar-refractivity contribution in [3.05, 3.63) is 83.3 Å². The van der Waals surface area contributed by atoms with Crippen molar-refractivity contribution in [3.8, 4) is 11.1 Å². The first-order valence-electron chi connectivity index (χ1n) is 7.67. The number of benzene rings is 2. The Morgan fingerprint density at radius 1 is 0.958 bits per heavy atom. The van der Waals surface area contributed by atoms with Crippen LogP contribution >= 0.6 is 0 Å². The Morgan fingerprint density at radius 3 is 2.62 bits per heavy atom. The standard InChI is InChI=1S/C20H14O4/c21-18(12-24-20(22)19-6-3-9-23-19)14-7-8-17-15(11-14)10-13-4-1-2-5-16(13)17/h1-9,11H,10,12H2. The largest absolute Gasteiger partial charge is 0.457 e. The van der Waals surface area contributed by atoms with E-state index < -0.39 is 5.97 Å². The van der Waals surface area contributed by atoms with Crippen molar-refractivity contribution in [1.82, 2.24) is 0 Å². The van der Waals surface area contributed by atoms with Crippen LogP contribution in [-0.4, -0.2) is 18.4 Å². The molecule has 0 amide bonds. The molecule has 0 N–H and O–H groups in total. The first-order chi connectivity index (χ1) is 11.7. The van der Waals surface area contributed by atoms with Crippen LogP contribution in [0, 0.1) is 0 Å². The lowest BCUT2D eigenvalue weighted by Crippen LogP contribution is -2.14. The summed E-state index contributed by atoms with van der Waals surface area (Å²) in [5.41, 5.74) is 5.32. The smallest absolute Gasteiger partial charge is 0.374 e. The minimum absolute atomic E-state index is 0.0900. The van der Waals surface area contributed by atoms with E-state index in [1.807, 2.05) is 24.3 Å². The molecule has 1 aromatic heterocycles. The predicted molar refractivity (Wildman–Crippen MR) is 88.0 cm³/mol. The lowest BCUT2D eigenvalue weighted by atomic mass is 10.0. The van der Waals surface area contributed by atoms with Gasteiger partial charge < -0.3 is 9.15 Å². The lowest BCUT2D eigenvalue weighted by molar-refractivity contribution is 0.0444. The van der Waals surface area contributed by atoms with Crippen molar-refractivity contribution < 1.29 is 18.7 Å². The van der Waals surface area contributed by atoms with Gasteiger partial charge in [-0.05, 0) is 46.9 Å². The summed E-state index contributed by atoms with van der Waals surface area (Å²) in [5.74, 6) is -0.775. The summed E-state index contributed by atoms with van der Waals surface area (Å²) in [4.78, 5) is 24.0. The topological polar surface area (TPSA) is 56.5 Å². The molecule has 24 heavy (non-hydrogen) atoms. The molecule has 0 saturated carbocycles. The quantitative estimate of drug-likeness (QED) is 0.423. The lowest BCUT2D eigenvalue weighted by Gasteiger charge is -2.05. The van der Waals surface area contributed by atoms with E-state index in [9.17, 15) is 9.59 Å². The monoisotopic (exact) mass is 318 g/mol. The molecule has 1 heterocycles. The minimum Gasteiger partial charge on any atom is -0.457 e. The van der Waals surface area contributed by atoms with Crippen LogP contribution in [0.2, 0.25) is 0 Å². The van der Waals surface area contributed by atoms with Crippen LogP contribution in [0.3, 0.4) is 0 Å². The molecule has 2 aromatic carbocycles. The highest BCUT2D eigenvalue weighted by molar-refractivity contribution is 6.00. The minimum atomic E-state index is -0.637. The summed E-state index contributed by atoms with van der Waals surface area (Å²) in [5, 5.41) is 0. The number of hydrogen-bond donors (Lipinski definition) is 0. The summed E-state index contributed by atoms with van der Waals surface area (Å²) in [6.07, 6.45) is 2.20. The van der Waals surface area contributed by atoms with Gasteiger partial charge in [-0.2, -0.15) is 0 Å². The zero-order chi connectivity index (χ0) is 16.5. The van der Waals surface area contributed by atoms with Crippen molar-refractivity contribution in [2.45, 2.75) is 6.42 Å². The molecule has 0 radical (unpaired) electrons. The zero-order valence-electron chi connectivity index (χ0n) is 12.8. The van der Waals surface area contributed by atoms with Crippen molar-refractivity contribution in [1.29, 1.82) is 0 Å². The Balaban J connectivity index is 1.49. The van der Waals surface area contributed by atoms with Gasteiger partial charge in [-0.25, -0.2) is 4.79 Å². The van der Waals surface area contributed by atoms with Gasteiger partial charge >= 0.3 is 5.97 Å². The first kappa shape index (κ1) is 14.5. The Labute approximate surface area is 138 Å². The predicted octanol–water partition coefficient (Wildman–Crippen LogP) is 3.89. The highest BCUT2D eigenvalue weighted by Gasteiger charge is 2.20. The van der Waals surface area contributed by atoms with Gasteiger partial charge in [0.15, 0.2) is 12.4 Å². The van der Waals surface area contributed by atoms with E-state index in [0.29, 0.717) is 5.56 Å². The molecule has 4 nitrogen and oxygen atoms in total. The van der Waals surface area contributed by atoms with Crippen LogP contribution in [0.15, 0.2) is 65.3 Å². The molecule has 0 unspecified atom stereocenters. The number of hydrogen-bond acceptors (Lipinski definition) is 4. The van der Waals surface area contributed by atoms with Crippen LogP contribution in [0.25, 0.3) is 11.1 Å². The second-order valence-corrected chi connectivity index (χ2v) is 5.68. The molecular formula is C20H14O4. The van der Waals surface area contributed by atoms with Crippen LogP contribution in [0.5, 0.6) is 0 Å². The van der Waals surface area contributed by atoms with Gasteiger partial charge in [0, 0.05) is 5.56 Å². The van der Waals surface area contributed by atoms with E-state index >= 15 is 0 Å². The number of rotatable bonds is 4. The Kier molecular flexibility index (Phi) is 3.50. The molecular weight excluding hydrogens is 304 g/mol. The number of carbonyl (C=O) groups is 2. The van der Waals surface area contributed by atoms with Crippen molar-refractivity contribution in [3.63, 3.8) is 0 Å². The molecule has 1 aliphatic carbocycles. The molecule has 0 fully saturated rings. The van der Waals surface area contributed by atoms with Gasteiger partial charge in [0.1, 0.15) is 0 Å². The van der Waals surface area contributed by atoms with Crippen LogP contribution < -0.4 is 0 Å². The number of ether oxygens (including phenoxy) is 1. The molecule has 0 spiro atoms. The average molecular weight is 318 g/mol. The van der Waals surface area contributed by atoms with Crippen LogP contribution in [0.1, 0.15) is 32.0 Å². The van der Waals surface area contributed by atoms with Gasteiger partial charge in [-0.15, -0.1) is 0 Å². The SMILES string of the molecule is O=C(COC(=O)c1ccco1)c1ccc2c(c1)Cc1ccccc1-2. The van der Waals surface area contributed by atoms with E-state index in [4.69, 9.17) is 9.15 Å². The summed E-state index contributed by atoms with van der Waals surface area (Å²) in [6.45, 7) is -0.300. The highest BCUT2D eigenvalue weighted by atomic mass is 16.5. The van der Waals surface area contributed by atoms with Gasteiger partial charge in [0.2, 0.25) is 5.76 Å². The van der Waals surface area contributed by atoms with E-state index in [-0.39, 0.29) is 18.2 Å². The van der Waals surface area contributed by atoms with Gasteiger partial charge in [-0.1, -0.05) is 36.4 Å². The third-order valence-electron chi connectivity index (χ3n) is 4.17. The van der Waals surface area contributed by atoms with Crippen molar-refractivity contribution >= 4 is 11.8 Å². The Morgan fingerprint density at radius 2 is 1.79 bits per heavy atom. The summed E-state index contributed by atoms with van der Waals surface area (Å²) in [6, 6.07) is 16.9. The molecule has 1 aliphatic rings. The van der Waals surface area contributed by atoms with E-state index in [1.165, 1.54) is 23.5 Å². The maximum absolute atomic E-state index is 12.3. The maximum Gasteiger partial charge on any atom is 0.374 e. The Bertz CT molecular complexity index is 923. The summed E-state index contributed by atoms with van der Waals surface area (Å²) >= 11 is 0. The summed E-state index contributed by atoms with van der Waals surface area (Å²) in [7, 11) is 0. The third kappa shape index (κ3) is 2.52. The molecule has 4 heteroatoms. The number of esters is 1. The van der Waals surface area contributed by atoms with Gasteiger partial charge in [0.05, 0.1) is 6.26 Å². The third-order valence-corrected chi connectivity index (χ3v) is 4.17. The molecule has 118 valence electrons. The molecule has 0 aliphatic heterocycles. The number of furan rings is 1. The molecule has 4 rings (SSSR count). The van der Waals surface area contributed by atoms with E-state index in [1.54, 1.807) is 12.1 Å². The first-order valence-corrected chi connectivity index (χ1v) is 7.67. The highest BCUT2D eigenvalue weighted by Crippen LogP contribution is 2.36. The normalized spacial score (nSPS) is 11.7. The number of fused-ring (bicyclic) bond motifs is 3. The molecule has 0 atom stereocenters. The molecule has 0 bridgehead atoms. The second kappa shape index (κ2) is 5.81. The average Bonchev–Trinajstić information content (AvgIpc) is 3.26. The Hall–Kier alpha value is -3.14. The fourth-order valence-electron chi connectivity index (χ4n) is 3.00. The van der Waals surface area contributed by atoms with Crippen molar-refractivity contribution in [2.24, 2.45) is 0 Å². The van der Waals surface area contributed by atoms with Gasteiger partial charge in [0.25, 0.3) is 0 Å². The molecule has 3 aromatic rings. The number of ketones is 1. The maximum atomic E-state index is 12.3. The van der Waals surface area contributed by atoms with E-state index in [2.05, 4.69) is 12.1 Å².